The second-order valence-electron chi connectivity index (χ2n) is 7.18. The smallest absolute Gasteiger partial charge is 0.262 e. The van der Waals surface area contributed by atoms with Gasteiger partial charge in [0.25, 0.3) is 11.8 Å². The van der Waals surface area contributed by atoms with Crippen molar-refractivity contribution in [1.29, 1.82) is 0 Å². The van der Waals surface area contributed by atoms with E-state index in [1.807, 2.05) is 4.90 Å². The lowest BCUT2D eigenvalue weighted by Crippen LogP contribution is -2.49. The summed E-state index contributed by atoms with van der Waals surface area (Å²) in [6, 6.07) is 6.77. The number of imide groups is 1. The van der Waals surface area contributed by atoms with E-state index in [4.69, 9.17) is 0 Å². The molecule has 126 valence electrons. The summed E-state index contributed by atoms with van der Waals surface area (Å²) in [5.41, 5.74) is 0.808. The molecule has 1 saturated carbocycles. The van der Waals surface area contributed by atoms with Gasteiger partial charge in [0, 0.05) is 13.1 Å². The van der Waals surface area contributed by atoms with Crippen molar-refractivity contribution in [3.8, 4) is 0 Å². The van der Waals surface area contributed by atoms with Crippen LogP contribution in [0.3, 0.4) is 0 Å². The number of hydrogen-bond acceptors (Lipinski definition) is 3. The van der Waals surface area contributed by atoms with E-state index >= 15 is 0 Å². The highest BCUT2D eigenvalue weighted by atomic mass is 16.2. The molecule has 0 bridgehead atoms. The van der Waals surface area contributed by atoms with Crippen LogP contribution in [0.2, 0.25) is 0 Å². The molecule has 1 aromatic rings. The molecular weight excluding hydrogens is 304 g/mol. The Morgan fingerprint density at radius 1 is 0.958 bits per heavy atom. The van der Waals surface area contributed by atoms with Crippen LogP contribution in [-0.4, -0.2) is 47.2 Å². The van der Waals surface area contributed by atoms with Gasteiger partial charge in [0.1, 0.15) is 6.54 Å². The van der Waals surface area contributed by atoms with Gasteiger partial charge in [0.15, 0.2) is 0 Å². The highest BCUT2D eigenvalue weighted by Crippen LogP contribution is 2.36. The van der Waals surface area contributed by atoms with Crippen molar-refractivity contribution >= 4 is 17.7 Å². The van der Waals surface area contributed by atoms with Gasteiger partial charge in [-0.2, -0.15) is 0 Å². The first kappa shape index (κ1) is 15.4. The molecule has 0 aromatic heterocycles. The summed E-state index contributed by atoms with van der Waals surface area (Å²) in [5, 5.41) is 0. The molecule has 2 fully saturated rings. The largest absolute Gasteiger partial charge is 0.341 e. The molecule has 5 nitrogen and oxygen atoms in total. The molecule has 2 aliphatic heterocycles. The quantitative estimate of drug-likeness (QED) is 0.784. The summed E-state index contributed by atoms with van der Waals surface area (Å²) < 4.78 is 0. The number of amides is 3. The van der Waals surface area contributed by atoms with Crippen LogP contribution in [0.4, 0.5) is 0 Å². The second kappa shape index (κ2) is 6.04. The zero-order valence-electron chi connectivity index (χ0n) is 13.7. The third-order valence-electron chi connectivity index (χ3n) is 5.82. The SMILES string of the molecule is O=C(CN1C(=O)c2ccccc2C1=O)N1CC[C@H]2CCCC[C@@H]2C1. The first-order chi connectivity index (χ1) is 11.6. The Morgan fingerprint density at radius 2 is 1.58 bits per heavy atom. The van der Waals surface area contributed by atoms with E-state index in [-0.39, 0.29) is 24.3 Å². The van der Waals surface area contributed by atoms with Crippen LogP contribution in [0.1, 0.15) is 52.8 Å². The molecule has 1 saturated heterocycles. The molecule has 2 heterocycles. The number of benzene rings is 1. The maximum absolute atomic E-state index is 12.7. The second-order valence-corrected chi connectivity index (χ2v) is 7.18. The topological polar surface area (TPSA) is 57.7 Å². The molecule has 4 rings (SSSR count). The van der Waals surface area contributed by atoms with Gasteiger partial charge in [-0.1, -0.05) is 31.4 Å². The Kier molecular flexibility index (Phi) is 3.87. The molecule has 5 heteroatoms. The van der Waals surface area contributed by atoms with Crippen LogP contribution in [0.25, 0.3) is 0 Å². The molecule has 1 aliphatic carbocycles. The van der Waals surface area contributed by atoms with E-state index in [2.05, 4.69) is 0 Å². The Morgan fingerprint density at radius 3 is 2.25 bits per heavy atom. The number of piperidine rings is 1. The number of hydrogen-bond donors (Lipinski definition) is 0. The van der Waals surface area contributed by atoms with Gasteiger partial charge in [-0.3, -0.25) is 19.3 Å². The lowest BCUT2D eigenvalue weighted by Gasteiger charge is -2.41. The molecular formula is C19H22N2O3. The third-order valence-corrected chi connectivity index (χ3v) is 5.82. The third kappa shape index (κ3) is 2.52. The summed E-state index contributed by atoms with van der Waals surface area (Å²) in [6.45, 7) is 1.40. The average molecular weight is 326 g/mol. The van der Waals surface area contributed by atoms with E-state index in [1.165, 1.54) is 25.7 Å². The van der Waals surface area contributed by atoms with E-state index < -0.39 is 0 Å². The van der Waals surface area contributed by atoms with Crippen molar-refractivity contribution in [3.63, 3.8) is 0 Å². The van der Waals surface area contributed by atoms with Crippen LogP contribution in [-0.2, 0) is 4.79 Å². The average Bonchev–Trinajstić information content (AvgIpc) is 2.86. The van der Waals surface area contributed by atoms with Gasteiger partial charge in [0.2, 0.25) is 5.91 Å². The lowest BCUT2D eigenvalue weighted by molar-refractivity contribution is -0.134. The van der Waals surface area contributed by atoms with Crippen molar-refractivity contribution in [1.82, 2.24) is 9.80 Å². The Labute approximate surface area is 141 Å². The molecule has 0 radical (unpaired) electrons. The zero-order chi connectivity index (χ0) is 16.7. The summed E-state index contributed by atoms with van der Waals surface area (Å²) in [7, 11) is 0. The molecule has 0 N–H and O–H groups in total. The Bertz CT molecular complexity index is 665. The minimum absolute atomic E-state index is 0.103. The highest BCUT2D eigenvalue weighted by Gasteiger charge is 2.38. The lowest BCUT2D eigenvalue weighted by atomic mass is 9.75. The Balaban J connectivity index is 1.44. The molecule has 2 atom stereocenters. The van der Waals surface area contributed by atoms with Crippen molar-refractivity contribution in [2.24, 2.45) is 11.8 Å². The fourth-order valence-corrected chi connectivity index (χ4v) is 4.45. The van der Waals surface area contributed by atoms with Gasteiger partial charge < -0.3 is 4.90 Å². The van der Waals surface area contributed by atoms with Crippen LogP contribution in [0, 0.1) is 11.8 Å². The first-order valence-corrected chi connectivity index (χ1v) is 8.88. The highest BCUT2D eigenvalue weighted by molar-refractivity contribution is 6.22. The minimum atomic E-state index is -0.350. The number of carbonyl (C=O) groups is 3. The van der Waals surface area contributed by atoms with Gasteiger partial charge in [-0.25, -0.2) is 0 Å². The standard InChI is InChI=1S/C19H22N2O3/c22-17(20-10-9-13-5-1-2-6-14(13)11-20)12-21-18(23)15-7-3-4-8-16(15)19(21)24/h3-4,7-8,13-14H,1-2,5-6,9-12H2/t13-,14-/m1/s1. The number of nitrogens with zero attached hydrogens (tertiary/aromatic N) is 2. The predicted octanol–water partition coefficient (Wildman–Crippen LogP) is 2.32. The van der Waals surface area contributed by atoms with Gasteiger partial charge in [0.05, 0.1) is 11.1 Å². The van der Waals surface area contributed by atoms with E-state index in [9.17, 15) is 14.4 Å². The van der Waals surface area contributed by atoms with Crippen LogP contribution in [0.5, 0.6) is 0 Å². The van der Waals surface area contributed by atoms with E-state index in [1.54, 1.807) is 24.3 Å². The van der Waals surface area contributed by atoms with Gasteiger partial charge in [-0.15, -0.1) is 0 Å². The molecule has 24 heavy (non-hydrogen) atoms. The van der Waals surface area contributed by atoms with Crippen LogP contribution in [0.15, 0.2) is 24.3 Å². The molecule has 3 aliphatic rings. The molecule has 1 aromatic carbocycles. The number of likely N-dealkylation sites (tertiary alicyclic amines) is 1. The normalized spacial score (nSPS) is 26.3. The molecule has 0 unspecified atom stereocenters. The van der Waals surface area contributed by atoms with Gasteiger partial charge >= 0.3 is 0 Å². The maximum Gasteiger partial charge on any atom is 0.262 e. The minimum Gasteiger partial charge on any atom is -0.341 e. The van der Waals surface area contributed by atoms with Crippen LogP contribution < -0.4 is 0 Å². The van der Waals surface area contributed by atoms with E-state index in [0.29, 0.717) is 17.0 Å². The monoisotopic (exact) mass is 326 g/mol. The van der Waals surface area contributed by atoms with Gasteiger partial charge in [-0.05, 0) is 36.8 Å². The molecule has 3 amide bonds. The summed E-state index contributed by atoms with van der Waals surface area (Å²) in [5.74, 6) is 0.544. The predicted molar refractivity (Wildman–Crippen MR) is 88.5 cm³/mol. The zero-order valence-corrected chi connectivity index (χ0v) is 13.7. The summed E-state index contributed by atoms with van der Waals surface area (Å²) in [6.07, 6.45) is 6.09. The molecule has 0 spiro atoms. The fourth-order valence-electron chi connectivity index (χ4n) is 4.45. The Hall–Kier alpha value is -2.17. The fraction of sp³-hybridized carbons (Fsp3) is 0.526. The van der Waals surface area contributed by atoms with Crippen molar-refractivity contribution < 1.29 is 14.4 Å². The number of carbonyl (C=O) groups excluding carboxylic acids is 3. The summed E-state index contributed by atoms with van der Waals surface area (Å²) >= 11 is 0. The van der Waals surface area contributed by atoms with Crippen molar-refractivity contribution in [2.75, 3.05) is 19.6 Å². The number of rotatable bonds is 2. The van der Waals surface area contributed by atoms with E-state index in [0.717, 1.165) is 30.3 Å². The van der Waals surface area contributed by atoms with Crippen molar-refractivity contribution in [2.45, 2.75) is 32.1 Å². The van der Waals surface area contributed by atoms with Crippen LogP contribution >= 0.6 is 0 Å². The van der Waals surface area contributed by atoms with Crippen molar-refractivity contribution in [3.05, 3.63) is 35.4 Å². The summed E-state index contributed by atoms with van der Waals surface area (Å²) in [4.78, 5) is 40.4. The first-order valence-electron chi connectivity index (χ1n) is 8.88. The maximum atomic E-state index is 12.7. The number of fused-ring (bicyclic) bond motifs is 2.